The fourth-order valence-electron chi connectivity index (χ4n) is 1.06. The van der Waals surface area contributed by atoms with Gasteiger partial charge in [0.1, 0.15) is 0 Å². The highest BCUT2D eigenvalue weighted by molar-refractivity contribution is 6.42. The van der Waals surface area contributed by atoms with E-state index in [2.05, 4.69) is 5.32 Å². The van der Waals surface area contributed by atoms with Gasteiger partial charge in [0.15, 0.2) is 5.76 Å². The Morgan fingerprint density at radius 2 is 1.93 bits per heavy atom. The fraction of sp³-hybridized carbons (Fsp3) is 0.455. The minimum Gasteiger partial charge on any atom is -0.460 e. The lowest BCUT2D eigenvalue weighted by atomic mass is 10.1. The van der Waals surface area contributed by atoms with Gasteiger partial charge in [0.2, 0.25) is 0 Å². The van der Waals surface area contributed by atoms with Crippen molar-refractivity contribution in [2.45, 2.75) is 33.2 Å². The van der Waals surface area contributed by atoms with Crippen LogP contribution in [0.5, 0.6) is 0 Å². The molecule has 0 aromatic carbocycles. The van der Waals surface area contributed by atoms with Crippen molar-refractivity contribution < 1.29 is 14.0 Å². The van der Waals surface area contributed by atoms with Crippen molar-refractivity contribution in [3.8, 4) is 0 Å². The van der Waals surface area contributed by atoms with Crippen LogP contribution in [0.1, 0.15) is 36.9 Å². The number of furan rings is 1. The van der Waals surface area contributed by atoms with Gasteiger partial charge in [-0.15, -0.1) is 0 Å². The number of carbonyl (C=O) groups is 2. The molecule has 1 amide bonds. The zero-order valence-corrected chi connectivity index (χ0v) is 9.38. The molecule has 0 radical (unpaired) electrons. The molecule has 0 saturated heterocycles. The van der Waals surface area contributed by atoms with E-state index < -0.39 is 17.2 Å². The molecule has 82 valence electrons. The van der Waals surface area contributed by atoms with Crippen LogP contribution in [0.4, 0.5) is 0 Å². The van der Waals surface area contributed by atoms with E-state index in [1.807, 2.05) is 20.8 Å². The Morgan fingerprint density at radius 3 is 2.33 bits per heavy atom. The maximum atomic E-state index is 11.5. The molecule has 0 bridgehead atoms. The topological polar surface area (TPSA) is 59.3 Å². The van der Waals surface area contributed by atoms with Gasteiger partial charge in [-0.3, -0.25) is 9.59 Å². The third-order valence-corrected chi connectivity index (χ3v) is 1.65. The van der Waals surface area contributed by atoms with Crippen molar-refractivity contribution in [2.75, 3.05) is 0 Å². The molecule has 0 aliphatic carbocycles. The van der Waals surface area contributed by atoms with Crippen LogP contribution < -0.4 is 5.32 Å². The largest absolute Gasteiger partial charge is 0.460 e. The van der Waals surface area contributed by atoms with Crippen molar-refractivity contribution in [3.63, 3.8) is 0 Å². The molecule has 0 saturated carbocycles. The quantitative estimate of drug-likeness (QED) is 0.595. The lowest BCUT2D eigenvalue weighted by Gasteiger charge is -2.19. The Bertz CT molecular complexity index is 385. The first-order chi connectivity index (χ1) is 6.79. The predicted octanol–water partition coefficient (Wildman–Crippen LogP) is 1.69. The normalized spacial score (nSPS) is 11.2. The number of aryl methyl sites for hydroxylation is 1. The summed E-state index contributed by atoms with van der Waals surface area (Å²) in [5, 5.41) is 2.58. The number of rotatable bonds is 2. The van der Waals surface area contributed by atoms with Crippen LogP contribution >= 0.6 is 0 Å². The van der Waals surface area contributed by atoms with E-state index in [9.17, 15) is 9.59 Å². The Hall–Kier alpha value is -1.58. The van der Waals surface area contributed by atoms with Crippen molar-refractivity contribution in [3.05, 3.63) is 23.7 Å². The van der Waals surface area contributed by atoms with E-state index >= 15 is 0 Å². The number of Topliss-reactive ketones (excluding diaryl/α,β-unsaturated/α-hetero) is 1. The van der Waals surface area contributed by atoms with Gasteiger partial charge in [-0.25, -0.2) is 0 Å². The first-order valence-electron chi connectivity index (χ1n) is 4.71. The average Bonchev–Trinajstić information content (AvgIpc) is 2.47. The zero-order chi connectivity index (χ0) is 11.6. The highest BCUT2D eigenvalue weighted by Crippen LogP contribution is 2.08. The molecular formula is C11H15NO3. The lowest BCUT2D eigenvalue weighted by molar-refractivity contribution is -0.118. The van der Waals surface area contributed by atoms with Crippen LogP contribution in [-0.4, -0.2) is 17.2 Å². The van der Waals surface area contributed by atoms with Gasteiger partial charge in [0.05, 0.1) is 6.26 Å². The fourth-order valence-corrected chi connectivity index (χ4v) is 1.06. The van der Waals surface area contributed by atoms with Crippen LogP contribution in [0.2, 0.25) is 0 Å². The molecule has 0 aliphatic rings. The van der Waals surface area contributed by atoms with Gasteiger partial charge in [0.25, 0.3) is 11.7 Å². The molecule has 0 spiro atoms. The Kier molecular flexibility index (Phi) is 2.98. The molecule has 1 aromatic heterocycles. The first kappa shape index (κ1) is 11.5. The van der Waals surface area contributed by atoms with Crippen LogP contribution in [0.15, 0.2) is 16.7 Å². The second kappa shape index (κ2) is 3.88. The van der Waals surface area contributed by atoms with Crippen LogP contribution in [0.25, 0.3) is 0 Å². The van der Waals surface area contributed by atoms with E-state index in [0.29, 0.717) is 0 Å². The molecule has 1 aromatic rings. The molecule has 1 rings (SSSR count). The Labute approximate surface area is 88.7 Å². The van der Waals surface area contributed by atoms with Gasteiger partial charge < -0.3 is 9.73 Å². The molecule has 4 heteroatoms. The standard InChI is InChI=1S/C11H15NO3/c1-7-5-8(15-6-7)9(13)10(14)12-11(2,3)4/h5-6H,1-4H3,(H,12,14). The van der Waals surface area contributed by atoms with Crippen LogP contribution in [0.3, 0.4) is 0 Å². The smallest absolute Gasteiger partial charge is 0.296 e. The minimum absolute atomic E-state index is 0.0780. The molecule has 0 aliphatic heterocycles. The van der Waals surface area contributed by atoms with E-state index in [1.54, 1.807) is 13.0 Å². The molecule has 0 fully saturated rings. The summed E-state index contributed by atoms with van der Waals surface area (Å²) in [4.78, 5) is 23.0. The van der Waals surface area contributed by atoms with Gasteiger partial charge >= 0.3 is 0 Å². The zero-order valence-electron chi connectivity index (χ0n) is 9.38. The molecule has 1 N–H and O–H groups in total. The van der Waals surface area contributed by atoms with Gasteiger partial charge in [-0.05, 0) is 39.3 Å². The summed E-state index contributed by atoms with van der Waals surface area (Å²) in [5.74, 6) is -1.20. The van der Waals surface area contributed by atoms with Crippen molar-refractivity contribution >= 4 is 11.7 Å². The number of hydrogen-bond donors (Lipinski definition) is 1. The number of amides is 1. The van der Waals surface area contributed by atoms with E-state index in [0.717, 1.165) is 5.56 Å². The molecule has 0 unspecified atom stereocenters. The minimum atomic E-state index is -0.642. The molecule has 0 atom stereocenters. The summed E-state index contributed by atoms with van der Waals surface area (Å²) in [6.07, 6.45) is 1.44. The molecule has 15 heavy (non-hydrogen) atoms. The van der Waals surface area contributed by atoms with Gasteiger partial charge in [-0.1, -0.05) is 0 Å². The van der Waals surface area contributed by atoms with Crippen molar-refractivity contribution in [2.24, 2.45) is 0 Å². The summed E-state index contributed by atoms with van der Waals surface area (Å²) in [5.41, 5.74) is 0.399. The average molecular weight is 209 g/mol. The third kappa shape index (κ3) is 3.23. The van der Waals surface area contributed by atoms with Gasteiger partial charge in [0, 0.05) is 5.54 Å². The second-order valence-electron chi connectivity index (χ2n) is 4.52. The molecular weight excluding hydrogens is 194 g/mol. The summed E-state index contributed by atoms with van der Waals surface area (Å²) in [6, 6.07) is 1.55. The number of hydrogen-bond acceptors (Lipinski definition) is 3. The lowest BCUT2D eigenvalue weighted by Crippen LogP contribution is -2.44. The van der Waals surface area contributed by atoms with Crippen LogP contribution in [-0.2, 0) is 4.79 Å². The predicted molar refractivity (Wildman–Crippen MR) is 55.7 cm³/mol. The maximum Gasteiger partial charge on any atom is 0.296 e. The maximum absolute atomic E-state index is 11.5. The van der Waals surface area contributed by atoms with E-state index in [1.165, 1.54) is 6.26 Å². The summed E-state index contributed by atoms with van der Waals surface area (Å²) < 4.78 is 4.95. The van der Waals surface area contributed by atoms with Crippen LogP contribution in [0, 0.1) is 6.92 Å². The highest BCUT2D eigenvalue weighted by atomic mass is 16.3. The van der Waals surface area contributed by atoms with Gasteiger partial charge in [-0.2, -0.15) is 0 Å². The van der Waals surface area contributed by atoms with E-state index in [4.69, 9.17) is 4.42 Å². The molecule has 1 heterocycles. The third-order valence-electron chi connectivity index (χ3n) is 1.65. The first-order valence-corrected chi connectivity index (χ1v) is 4.71. The Morgan fingerprint density at radius 1 is 1.33 bits per heavy atom. The monoisotopic (exact) mass is 209 g/mol. The number of nitrogens with one attached hydrogen (secondary N) is 1. The summed E-state index contributed by atoms with van der Waals surface area (Å²) in [7, 11) is 0. The van der Waals surface area contributed by atoms with Crippen molar-refractivity contribution in [1.29, 1.82) is 0 Å². The van der Waals surface area contributed by atoms with E-state index in [-0.39, 0.29) is 5.76 Å². The summed E-state index contributed by atoms with van der Waals surface area (Å²) in [6.45, 7) is 7.23. The van der Waals surface area contributed by atoms with Crippen molar-refractivity contribution in [1.82, 2.24) is 5.32 Å². The highest BCUT2D eigenvalue weighted by Gasteiger charge is 2.23. The number of ketones is 1. The molecule has 4 nitrogen and oxygen atoms in total. The number of carbonyl (C=O) groups excluding carboxylic acids is 2. The Balaban J connectivity index is 2.74. The SMILES string of the molecule is Cc1coc(C(=O)C(=O)NC(C)(C)C)c1. The second-order valence-corrected chi connectivity index (χ2v) is 4.52. The summed E-state index contributed by atoms with van der Waals surface area (Å²) >= 11 is 0.